The number of carbonyl (C=O) groups excluding carboxylic acids is 6. The van der Waals surface area contributed by atoms with E-state index < -0.39 is 35.8 Å². The highest BCUT2D eigenvalue weighted by Crippen LogP contribution is 2.26. The molecule has 4 amide bonds. The second-order valence-electron chi connectivity index (χ2n) is 23.1. The number of benzene rings is 2. The number of likely N-dealkylation sites (N-methyl/N-ethyl adjacent to an activating group) is 1. The number of hydrogen-bond donors (Lipinski definition) is 3. The molecule has 82 heavy (non-hydrogen) atoms. The number of amides is 4. The van der Waals surface area contributed by atoms with Crippen LogP contribution >= 0.6 is 0 Å². The van der Waals surface area contributed by atoms with Crippen molar-refractivity contribution in [1.29, 1.82) is 0 Å². The second kappa shape index (κ2) is 41.4. The molecular weight excluding hydrogens is 1040 g/mol. The zero-order valence-corrected chi connectivity index (χ0v) is 51.4. The summed E-state index contributed by atoms with van der Waals surface area (Å²) in [5, 5.41) is 29.2. The molecule has 0 bridgehead atoms. The average Bonchev–Trinajstić information content (AvgIpc) is 4.10. The molecule has 3 N–H and O–H groups in total. The lowest BCUT2D eigenvalue weighted by molar-refractivity contribution is -0.152. The number of β-amino-alcohol motifs (C(OH)–C–C–N with tert-alkyl or cyclic N) is 2. The Bertz CT molecular complexity index is 2090. The molecule has 2 aromatic carbocycles. The number of aliphatic hydroxyl groups is 2. The molecule has 0 saturated carbocycles. The molecule has 0 fully saturated rings. The van der Waals surface area contributed by atoms with Crippen molar-refractivity contribution in [2.24, 2.45) is 11.8 Å². The van der Waals surface area contributed by atoms with Gasteiger partial charge in [-0.05, 0) is 75.6 Å². The number of esters is 2. The van der Waals surface area contributed by atoms with Gasteiger partial charge in [0.15, 0.2) is 0 Å². The Hall–Kier alpha value is -4.58. The van der Waals surface area contributed by atoms with Crippen LogP contribution in [0.25, 0.3) is 0 Å². The normalized spacial score (nSPS) is 14.8. The van der Waals surface area contributed by atoms with Gasteiger partial charge in [-0.25, -0.2) is 15.0 Å². The van der Waals surface area contributed by atoms with E-state index in [0.717, 1.165) is 106 Å². The van der Waals surface area contributed by atoms with Gasteiger partial charge in [0, 0.05) is 45.8 Å². The van der Waals surface area contributed by atoms with Crippen LogP contribution in [0.2, 0.25) is 0 Å². The van der Waals surface area contributed by atoms with Crippen LogP contribution in [0.4, 0.5) is 0 Å². The molecule has 0 radical (unpaired) electrons. The van der Waals surface area contributed by atoms with E-state index in [0.29, 0.717) is 87.3 Å². The highest BCUT2D eigenvalue weighted by atomic mass is 16.5. The van der Waals surface area contributed by atoms with Crippen LogP contribution in [0.3, 0.4) is 0 Å². The Labute approximate surface area is 493 Å². The largest absolute Gasteiger partial charge is 0.465 e. The van der Waals surface area contributed by atoms with Gasteiger partial charge in [-0.1, -0.05) is 187 Å². The van der Waals surface area contributed by atoms with E-state index in [1.54, 1.807) is 48.5 Å². The molecule has 462 valence electrons. The van der Waals surface area contributed by atoms with Crippen molar-refractivity contribution in [3.8, 4) is 0 Å². The molecule has 0 aliphatic carbocycles. The van der Waals surface area contributed by atoms with Gasteiger partial charge in [0.05, 0.1) is 66.0 Å². The maximum Gasteiger partial charge on any atom is 0.308 e. The average molecular weight is 1150 g/mol. The number of hydrazine groups is 2. The van der Waals surface area contributed by atoms with Crippen LogP contribution < -0.4 is 5.43 Å². The molecule has 0 saturated heterocycles. The molecule has 4 unspecified atom stereocenters. The number of ether oxygens (including phenoxy) is 2. The van der Waals surface area contributed by atoms with Gasteiger partial charge in [-0.2, -0.15) is 0 Å². The number of aliphatic hydroxyl groups excluding tert-OH is 2. The smallest absolute Gasteiger partial charge is 0.308 e. The van der Waals surface area contributed by atoms with E-state index in [4.69, 9.17) is 9.47 Å². The van der Waals surface area contributed by atoms with Crippen LogP contribution in [0, 0.1) is 11.8 Å². The molecule has 16 heteroatoms. The number of nitrogens with one attached hydrogen (secondary N) is 1. The van der Waals surface area contributed by atoms with Crippen LogP contribution in [-0.4, -0.2) is 155 Å². The zero-order valence-electron chi connectivity index (χ0n) is 51.4. The highest BCUT2D eigenvalue weighted by molar-refractivity contribution is 6.22. The minimum atomic E-state index is -1.09. The minimum Gasteiger partial charge on any atom is -0.465 e. The summed E-state index contributed by atoms with van der Waals surface area (Å²) in [4.78, 5) is 82.6. The van der Waals surface area contributed by atoms with Crippen molar-refractivity contribution in [2.75, 3.05) is 72.1 Å². The van der Waals surface area contributed by atoms with E-state index in [-0.39, 0.29) is 56.6 Å². The molecule has 2 aromatic rings. The summed E-state index contributed by atoms with van der Waals surface area (Å²) in [6.07, 6.45) is 26.8. The summed E-state index contributed by atoms with van der Waals surface area (Å²) < 4.78 is 11.9. The SMILES string of the molecule is CCCCCCCCC(CCCCCC)C(=O)OCCCCNN(CCCCN(CC(O)CN1C(=O)c2ccccc2C1=O)N(CC)CCOC(=O)C(CCCCCC)CCCCCCCC)CC(O)CN1C(=O)c2ccccc2C1=O. The van der Waals surface area contributed by atoms with E-state index in [9.17, 15) is 39.0 Å². The topological polar surface area (TPSA) is 190 Å². The van der Waals surface area contributed by atoms with Crippen molar-refractivity contribution < 1.29 is 48.5 Å². The number of hydrogen-bond acceptors (Lipinski definition) is 14. The summed E-state index contributed by atoms with van der Waals surface area (Å²) in [7, 11) is 0. The lowest BCUT2D eigenvalue weighted by Gasteiger charge is -2.36. The van der Waals surface area contributed by atoms with Gasteiger partial charge in [-0.3, -0.25) is 44.0 Å². The van der Waals surface area contributed by atoms with Crippen molar-refractivity contribution in [1.82, 2.24) is 30.3 Å². The van der Waals surface area contributed by atoms with Crippen molar-refractivity contribution in [3.05, 3.63) is 70.8 Å². The van der Waals surface area contributed by atoms with E-state index in [1.807, 2.05) is 16.9 Å². The standard InChI is InChI=1S/C66H108N6O10/c1-6-11-15-19-21-25-37-53(35-23-17-13-8-3)65(79)81-47-34-31-43-67-68(49-55(73)51-71-61(75)57-39-27-28-40-58(57)62(71)76)44-32-33-45-70(50-56(74)52-72-63(77)59-41-29-30-42-60(59)64(72)78)69(10-5)46-48-82-66(80)54(36-24-18-14-9-4)38-26-22-20-16-12-7-2/h27-30,39-42,53-56,67,73-74H,6-26,31-38,43-52H2,1-5H3. The van der Waals surface area contributed by atoms with Crippen LogP contribution in [0.15, 0.2) is 48.5 Å². The molecule has 2 aliphatic rings. The van der Waals surface area contributed by atoms with Gasteiger partial charge in [0.1, 0.15) is 6.61 Å². The van der Waals surface area contributed by atoms with Crippen LogP contribution in [0.5, 0.6) is 0 Å². The molecule has 4 rings (SSSR count). The fourth-order valence-electron chi connectivity index (χ4n) is 11.4. The third-order valence-electron chi connectivity index (χ3n) is 16.3. The fourth-order valence-corrected chi connectivity index (χ4v) is 11.4. The maximum absolute atomic E-state index is 13.7. The minimum absolute atomic E-state index is 0.0695. The molecule has 2 heterocycles. The van der Waals surface area contributed by atoms with Gasteiger partial charge in [-0.15, -0.1) is 0 Å². The Balaban J connectivity index is 1.41. The molecule has 16 nitrogen and oxygen atoms in total. The van der Waals surface area contributed by atoms with Gasteiger partial charge in [0.25, 0.3) is 23.6 Å². The molecule has 2 aliphatic heterocycles. The molecular formula is C66H108N6O10. The summed E-state index contributed by atoms with van der Waals surface area (Å²) >= 11 is 0. The Morgan fingerprint density at radius 2 is 0.829 bits per heavy atom. The summed E-state index contributed by atoms with van der Waals surface area (Å²) in [6.45, 7) is 13.6. The van der Waals surface area contributed by atoms with Gasteiger partial charge < -0.3 is 19.7 Å². The quantitative estimate of drug-likeness (QED) is 0.0245. The first-order valence-electron chi connectivity index (χ1n) is 32.5. The Morgan fingerprint density at radius 3 is 1.26 bits per heavy atom. The lowest BCUT2D eigenvalue weighted by atomic mass is 9.94. The first kappa shape index (κ1) is 69.9. The van der Waals surface area contributed by atoms with Crippen LogP contribution in [-0.2, 0) is 19.1 Å². The number of rotatable bonds is 50. The lowest BCUT2D eigenvalue weighted by Crippen LogP contribution is -2.51. The van der Waals surface area contributed by atoms with Crippen molar-refractivity contribution in [2.45, 2.75) is 227 Å². The molecule has 0 spiro atoms. The number of carbonyl (C=O) groups is 6. The van der Waals surface area contributed by atoms with Crippen molar-refractivity contribution >= 4 is 35.6 Å². The predicted molar refractivity (Wildman–Crippen MR) is 325 cm³/mol. The second-order valence-corrected chi connectivity index (χ2v) is 23.1. The Morgan fingerprint density at radius 1 is 0.451 bits per heavy atom. The summed E-state index contributed by atoms with van der Waals surface area (Å²) in [6, 6.07) is 13.4. The van der Waals surface area contributed by atoms with E-state index in [2.05, 4.69) is 38.1 Å². The highest BCUT2D eigenvalue weighted by Gasteiger charge is 2.38. The molecule has 0 aromatic heterocycles. The number of fused-ring (bicyclic) bond motifs is 2. The Kier molecular flexibility index (Phi) is 35.3. The van der Waals surface area contributed by atoms with Gasteiger partial charge in [0.2, 0.25) is 0 Å². The third kappa shape index (κ3) is 24.9. The van der Waals surface area contributed by atoms with Crippen LogP contribution in [0.1, 0.15) is 256 Å². The first-order chi connectivity index (χ1) is 39.9. The van der Waals surface area contributed by atoms with E-state index in [1.165, 1.54) is 57.8 Å². The number of imide groups is 2. The van der Waals surface area contributed by atoms with Crippen molar-refractivity contribution in [3.63, 3.8) is 0 Å². The maximum atomic E-state index is 13.7. The van der Waals surface area contributed by atoms with E-state index >= 15 is 0 Å². The number of unbranched alkanes of at least 4 members (excludes halogenated alkanes) is 18. The predicted octanol–water partition coefficient (Wildman–Crippen LogP) is 12.0. The zero-order chi connectivity index (χ0) is 59.3. The summed E-state index contributed by atoms with van der Waals surface area (Å²) in [5.74, 6) is -2.19. The van der Waals surface area contributed by atoms with Gasteiger partial charge >= 0.3 is 11.9 Å². The fraction of sp³-hybridized carbons (Fsp3) is 0.727. The monoisotopic (exact) mass is 1140 g/mol. The first-order valence-corrected chi connectivity index (χ1v) is 32.5. The summed E-state index contributed by atoms with van der Waals surface area (Å²) in [5.41, 5.74) is 4.76. The number of nitrogens with zero attached hydrogens (tertiary/aromatic N) is 5. The third-order valence-corrected chi connectivity index (χ3v) is 16.3. The molecule has 4 atom stereocenters.